The predicted molar refractivity (Wildman–Crippen MR) is 105 cm³/mol. The average molecular weight is 415 g/mol. The molecular weight excluding hydrogens is 394 g/mol. The lowest BCUT2D eigenvalue weighted by molar-refractivity contribution is 0.0698. The van der Waals surface area contributed by atoms with Crippen LogP contribution in [0.2, 0.25) is 0 Å². The van der Waals surface area contributed by atoms with Gasteiger partial charge in [-0.1, -0.05) is 6.07 Å². The second kappa shape index (κ2) is 8.51. The number of benzene rings is 2. The van der Waals surface area contributed by atoms with Crippen LogP contribution in [-0.2, 0) is 10.0 Å². The van der Waals surface area contributed by atoms with Gasteiger partial charge in [0.05, 0.1) is 30.7 Å². The molecule has 2 aromatic rings. The molecule has 0 radical (unpaired) electrons. The number of methoxy groups -OCH3 is 2. The number of rotatable bonds is 5. The van der Waals surface area contributed by atoms with E-state index in [0.29, 0.717) is 22.6 Å². The fraction of sp³-hybridized carbons (Fsp3) is 0.300. The fourth-order valence-electron chi connectivity index (χ4n) is 3.16. The Morgan fingerprint density at radius 2 is 1.69 bits per heavy atom. The normalized spacial score (nSPS) is 14.9. The van der Waals surface area contributed by atoms with Gasteiger partial charge in [0, 0.05) is 37.8 Å². The highest BCUT2D eigenvalue weighted by atomic mass is 32.2. The standard InChI is InChI=1S/C20H21N3O5S/c1-27-18-7-6-17(13-19(18)28-2)29(25,26)23-10-8-22(9-11-23)20(24)16-5-3-4-15(12-16)14-21/h3-7,12-13H,8-11H2,1-2H3. The second-order valence-electron chi connectivity index (χ2n) is 6.41. The Bertz CT molecular complexity index is 1050. The Labute approximate surface area is 169 Å². The van der Waals surface area contributed by atoms with Crippen LogP contribution in [0.3, 0.4) is 0 Å². The van der Waals surface area contributed by atoms with E-state index >= 15 is 0 Å². The lowest BCUT2D eigenvalue weighted by Gasteiger charge is -2.34. The van der Waals surface area contributed by atoms with Gasteiger partial charge in [-0.2, -0.15) is 9.57 Å². The Morgan fingerprint density at radius 1 is 1.00 bits per heavy atom. The van der Waals surface area contributed by atoms with Crippen molar-refractivity contribution in [2.45, 2.75) is 4.90 Å². The molecule has 3 rings (SSSR count). The number of carbonyl (C=O) groups excluding carboxylic acids is 1. The summed E-state index contributed by atoms with van der Waals surface area (Å²) in [7, 11) is -0.802. The van der Waals surface area contributed by atoms with Crippen molar-refractivity contribution in [1.29, 1.82) is 5.26 Å². The third-order valence-electron chi connectivity index (χ3n) is 4.76. The van der Waals surface area contributed by atoms with Gasteiger partial charge in [-0.05, 0) is 30.3 Å². The minimum absolute atomic E-state index is 0.108. The molecule has 1 saturated heterocycles. The fourth-order valence-corrected chi connectivity index (χ4v) is 4.60. The summed E-state index contributed by atoms with van der Waals surface area (Å²) in [6.45, 7) is 0.894. The molecule has 0 aromatic heterocycles. The largest absolute Gasteiger partial charge is 0.493 e. The number of ether oxygens (including phenoxy) is 2. The highest BCUT2D eigenvalue weighted by Crippen LogP contribution is 2.31. The molecule has 0 bridgehead atoms. The highest BCUT2D eigenvalue weighted by Gasteiger charge is 2.31. The van der Waals surface area contributed by atoms with E-state index in [9.17, 15) is 13.2 Å². The van der Waals surface area contributed by atoms with Crippen LogP contribution < -0.4 is 9.47 Å². The minimum atomic E-state index is -3.73. The SMILES string of the molecule is COc1ccc(S(=O)(=O)N2CCN(C(=O)c3cccc(C#N)c3)CC2)cc1OC. The molecule has 29 heavy (non-hydrogen) atoms. The number of sulfonamides is 1. The van der Waals surface area contributed by atoms with E-state index in [1.807, 2.05) is 6.07 Å². The molecule has 0 atom stereocenters. The topological polar surface area (TPSA) is 99.9 Å². The average Bonchev–Trinajstić information content (AvgIpc) is 2.78. The van der Waals surface area contributed by atoms with E-state index in [1.165, 1.54) is 36.7 Å². The third kappa shape index (κ3) is 4.18. The van der Waals surface area contributed by atoms with Gasteiger partial charge in [-0.3, -0.25) is 4.79 Å². The summed E-state index contributed by atoms with van der Waals surface area (Å²) in [6, 6.07) is 12.9. The molecule has 0 N–H and O–H groups in total. The number of piperazine rings is 1. The molecule has 0 unspecified atom stereocenters. The molecule has 0 saturated carbocycles. The van der Waals surface area contributed by atoms with Crippen molar-refractivity contribution in [3.63, 3.8) is 0 Å². The Kier molecular flexibility index (Phi) is 6.06. The van der Waals surface area contributed by atoms with E-state index in [1.54, 1.807) is 29.2 Å². The third-order valence-corrected chi connectivity index (χ3v) is 6.65. The first-order chi connectivity index (χ1) is 13.9. The van der Waals surface area contributed by atoms with Gasteiger partial charge in [0.1, 0.15) is 0 Å². The van der Waals surface area contributed by atoms with Crippen LogP contribution in [0, 0.1) is 11.3 Å². The summed E-state index contributed by atoms with van der Waals surface area (Å²) in [4.78, 5) is 14.4. The maximum absolute atomic E-state index is 13.0. The molecule has 2 aromatic carbocycles. The number of hydrogen-bond acceptors (Lipinski definition) is 6. The zero-order chi connectivity index (χ0) is 21.0. The predicted octanol–water partition coefficient (Wildman–Crippen LogP) is 1.72. The van der Waals surface area contributed by atoms with Gasteiger partial charge in [-0.15, -0.1) is 0 Å². The first-order valence-corrected chi connectivity index (χ1v) is 10.4. The molecule has 152 valence electrons. The van der Waals surface area contributed by atoms with Crippen molar-refractivity contribution in [3.8, 4) is 17.6 Å². The summed E-state index contributed by atoms with van der Waals surface area (Å²) in [5.41, 5.74) is 0.825. The lowest BCUT2D eigenvalue weighted by Crippen LogP contribution is -2.50. The molecule has 1 amide bonds. The molecule has 1 aliphatic rings. The van der Waals surface area contributed by atoms with Crippen LogP contribution in [0.5, 0.6) is 11.5 Å². The summed E-state index contributed by atoms with van der Waals surface area (Å²) < 4.78 is 37.6. The number of amides is 1. The summed E-state index contributed by atoms with van der Waals surface area (Å²) >= 11 is 0. The van der Waals surface area contributed by atoms with Crippen molar-refractivity contribution < 1.29 is 22.7 Å². The molecular formula is C20H21N3O5S. The highest BCUT2D eigenvalue weighted by molar-refractivity contribution is 7.89. The summed E-state index contributed by atoms with van der Waals surface area (Å²) in [5.74, 6) is 0.562. The molecule has 1 heterocycles. The minimum Gasteiger partial charge on any atom is -0.493 e. The van der Waals surface area contributed by atoms with Gasteiger partial charge in [0.15, 0.2) is 11.5 Å². The first kappa shape index (κ1) is 20.6. The smallest absolute Gasteiger partial charge is 0.253 e. The van der Waals surface area contributed by atoms with E-state index in [2.05, 4.69) is 0 Å². The van der Waals surface area contributed by atoms with Gasteiger partial charge in [0.2, 0.25) is 10.0 Å². The maximum Gasteiger partial charge on any atom is 0.253 e. The zero-order valence-corrected chi connectivity index (χ0v) is 17.0. The van der Waals surface area contributed by atoms with Gasteiger partial charge < -0.3 is 14.4 Å². The molecule has 0 aliphatic carbocycles. The van der Waals surface area contributed by atoms with Crippen molar-refractivity contribution in [1.82, 2.24) is 9.21 Å². The molecule has 8 nitrogen and oxygen atoms in total. The van der Waals surface area contributed by atoms with E-state index in [-0.39, 0.29) is 37.0 Å². The lowest BCUT2D eigenvalue weighted by atomic mass is 10.1. The van der Waals surface area contributed by atoms with E-state index in [4.69, 9.17) is 14.7 Å². The van der Waals surface area contributed by atoms with Crippen LogP contribution in [0.4, 0.5) is 0 Å². The van der Waals surface area contributed by atoms with Gasteiger partial charge >= 0.3 is 0 Å². The van der Waals surface area contributed by atoms with Crippen molar-refractivity contribution >= 4 is 15.9 Å². The molecule has 9 heteroatoms. The second-order valence-corrected chi connectivity index (χ2v) is 8.34. The van der Waals surface area contributed by atoms with Crippen molar-refractivity contribution in [3.05, 3.63) is 53.6 Å². The van der Waals surface area contributed by atoms with Gasteiger partial charge in [0.25, 0.3) is 5.91 Å². The number of hydrogen-bond donors (Lipinski definition) is 0. The quantitative estimate of drug-likeness (QED) is 0.737. The Morgan fingerprint density at radius 3 is 2.31 bits per heavy atom. The summed E-state index contributed by atoms with van der Waals surface area (Å²) in [5, 5.41) is 8.99. The van der Waals surface area contributed by atoms with Gasteiger partial charge in [-0.25, -0.2) is 8.42 Å². The van der Waals surface area contributed by atoms with Crippen molar-refractivity contribution in [2.24, 2.45) is 0 Å². The van der Waals surface area contributed by atoms with E-state index < -0.39 is 10.0 Å². The zero-order valence-electron chi connectivity index (χ0n) is 16.2. The molecule has 0 spiro atoms. The number of nitriles is 1. The van der Waals surface area contributed by atoms with Crippen LogP contribution in [-0.4, -0.2) is 63.9 Å². The monoisotopic (exact) mass is 415 g/mol. The van der Waals surface area contributed by atoms with Crippen LogP contribution >= 0.6 is 0 Å². The van der Waals surface area contributed by atoms with Crippen LogP contribution in [0.15, 0.2) is 47.4 Å². The van der Waals surface area contributed by atoms with Crippen LogP contribution in [0.25, 0.3) is 0 Å². The van der Waals surface area contributed by atoms with Crippen LogP contribution in [0.1, 0.15) is 15.9 Å². The Balaban J connectivity index is 1.73. The Hall–Kier alpha value is -3.09. The molecule has 1 aliphatic heterocycles. The van der Waals surface area contributed by atoms with Crippen molar-refractivity contribution in [2.75, 3.05) is 40.4 Å². The molecule has 1 fully saturated rings. The number of nitrogens with zero attached hydrogens (tertiary/aromatic N) is 3. The maximum atomic E-state index is 13.0. The summed E-state index contributed by atoms with van der Waals surface area (Å²) in [6.07, 6.45) is 0. The first-order valence-electron chi connectivity index (χ1n) is 8.92. The number of carbonyl (C=O) groups is 1. The van der Waals surface area contributed by atoms with E-state index in [0.717, 1.165) is 0 Å².